The maximum absolute atomic E-state index is 12.0. The van der Waals surface area contributed by atoms with Gasteiger partial charge >= 0.3 is 57.5 Å². The molecule has 0 N–H and O–H groups in total. The summed E-state index contributed by atoms with van der Waals surface area (Å²) < 4.78 is 9.79. The molecule has 1 aromatic rings. The quantitative estimate of drug-likeness (QED) is 0.357. The molecule has 0 saturated carbocycles. The molecule has 1 saturated heterocycles. The third kappa shape index (κ3) is 4.90. The molecule has 6 nitrogen and oxygen atoms in total. The molecule has 0 radical (unpaired) electrons. The first kappa shape index (κ1) is 19.3. The summed E-state index contributed by atoms with van der Waals surface area (Å²) in [5.41, 5.74) is 0.922. The number of nitrogens with zero attached hydrogens (tertiary/aromatic N) is 1. The van der Waals surface area contributed by atoms with Crippen molar-refractivity contribution in [1.82, 2.24) is 4.90 Å². The SMILES string of the molecule is COC/C([O-])=C1\CCN(C(=O)OCc2ccccc2)C1=O.[K+]. The van der Waals surface area contributed by atoms with E-state index in [0.29, 0.717) is 0 Å². The fourth-order valence-corrected chi connectivity index (χ4v) is 2.04. The summed E-state index contributed by atoms with van der Waals surface area (Å²) in [6.45, 7) is 0.0933. The standard InChI is InChI=1S/C15H17NO5.K/c1-20-10-13(17)12-7-8-16(14(12)18)15(19)21-9-11-5-3-2-4-6-11;/h2-6,17H,7-10H2,1H3;/q;+1/p-1/b13-12-;. The number of amides is 2. The van der Waals surface area contributed by atoms with Gasteiger partial charge in [0, 0.05) is 19.2 Å². The predicted octanol–water partition coefficient (Wildman–Crippen LogP) is -2.18. The minimum Gasteiger partial charge on any atom is -0.874 e. The van der Waals surface area contributed by atoms with Crippen molar-refractivity contribution in [2.75, 3.05) is 20.3 Å². The number of likely N-dealkylation sites (tertiary alicyclic amines) is 1. The molecule has 0 unspecified atom stereocenters. The van der Waals surface area contributed by atoms with E-state index in [1.54, 1.807) is 0 Å². The van der Waals surface area contributed by atoms with Crippen LogP contribution in [0, 0.1) is 0 Å². The van der Waals surface area contributed by atoms with Crippen LogP contribution in [0.5, 0.6) is 0 Å². The summed E-state index contributed by atoms with van der Waals surface area (Å²) in [7, 11) is 1.38. The van der Waals surface area contributed by atoms with Gasteiger partial charge in [-0.25, -0.2) is 9.69 Å². The van der Waals surface area contributed by atoms with Gasteiger partial charge in [-0.2, -0.15) is 0 Å². The Hall–Kier alpha value is -0.704. The first-order valence-corrected chi connectivity index (χ1v) is 6.54. The maximum Gasteiger partial charge on any atom is 1.00 e. The zero-order valence-electron chi connectivity index (χ0n) is 12.7. The van der Waals surface area contributed by atoms with Crippen molar-refractivity contribution in [3.63, 3.8) is 0 Å². The number of hydrogen-bond acceptors (Lipinski definition) is 5. The van der Waals surface area contributed by atoms with Gasteiger partial charge in [0.1, 0.15) is 6.61 Å². The second-order valence-electron chi connectivity index (χ2n) is 4.58. The van der Waals surface area contributed by atoms with Crippen LogP contribution in [0.15, 0.2) is 41.7 Å². The van der Waals surface area contributed by atoms with E-state index in [0.717, 1.165) is 10.5 Å². The molecule has 1 heterocycles. The Bertz CT molecular complexity index is 558. The van der Waals surface area contributed by atoms with Crippen molar-refractivity contribution < 1.29 is 75.6 Å². The van der Waals surface area contributed by atoms with Crippen LogP contribution in [-0.4, -0.2) is 37.2 Å². The molecule has 7 heteroatoms. The van der Waals surface area contributed by atoms with E-state index in [1.165, 1.54) is 7.11 Å². The Labute approximate surface area is 171 Å². The van der Waals surface area contributed by atoms with E-state index >= 15 is 0 Å². The van der Waals surface area contributed by atoms with Crippen LogP contribution >= 0.6 is 0 Å². The Kier molecular flexibility index (Phi) is 8.30. The summed E-state index contributed by atoms with van der Waals surface area (Å²) in [4.78, 5) is 24.8. The Balaban J connectivity index is 0.00000242. The number of hydrogen-bond donors (Lipinski definition) is 0. The Morgan fingerprint density at radius 1 is 1.32 bits per heavy atom. The van der Waals surface area contributed by atoms with Crippen LogP contribution < -0.4 is 56.5 Å². The van der Waals surface area contributed by atoms with Gasteiger partial charge in [-0.15, -0.1) is 0 Å². The van der Waals surface area contributed by atoms with Gasteiger partial charge in [-0.3, -0.25) is 4.79 Å². The van der Waals surface area contributed by atoms with E-state index < -0.39 is 12.0 Å². The van der Waals surface area contributed by atoms with Crippen LogP contribution in [0.1, 0.15) is 12.0 Å². The molecular formula is C15H16KNO5. The molecule has 1 aliphatic heterocycles. The molecule has 0 spiro atoms. The average Bonchev–Trinajstić information content (AvgIpc) is 2.88. The number of rotatable bonds is 4. The van der Waals surface area contributed by atoms with E-state index in [2.05, 4.69) is 0 Å². The van der Waals surface area contributed by atoms with Gasteiger partial charge in [-0.05, 0) is 12.0 Å². The second-order valence-corrected chi connectivity index (χ2v) is 4.58. The molecule has 1 fully saturated rings. The van der Waals surface area contributed by atoms with Gasteiger partial charge in [-0.1, -0.05) is 36.1 Å². The fraction of sp³-hybridized carbons (Fsp3) is 0.333. The topological polar surface area (TPSA) is 78.9 Å². The summed E-state index contributed by atoms with van der Waals surface area (Å²) >= 11 is 0. The van der Waals surface area contributed by atoms with Crippen LogP contribution in [0.4, 0.5) is 4.79 Å². The smallest absolute Gasteiger partial charge is 0.874 e. The van der Waals surface area contributed by atoms with E-state index in [9.17, 15) is 14.7 Å². The first-order chi connectivity index (χ1) is 10.1. The van der Waals surface area contributed by atoms with E-state index in [4.69, 9.17) is 9.47 Å². The van der Waals surface area contributed by atoms with Crippen molar-refractivity contribution in [2.24, 2.45) is 0 Å². The van der Waals surface area contributed by atoms with Gasteiger partial charge in [0.25, 0.3) is 5.91 Å². The molecule has 2 amide bonds. The summed E-state index contributed by atoms with van der Waals surface area (Å²) in [5.74, 6) is -0.976. The summed E-state index contributed by atoms with van der Waals surface area (Å²) in [6.07, 6.45) is -0.495. The zero-order valence-corrected chi connectivity index (χ0v) is 15.8. The molecule has 1 aromatic carbocycles. The molecule has 0 aliphatic carbocycles. The third-order valence-corrected chi connectivity index (χ3v) is 3.13. The van der Waals surface area contributed by atoms with Gasteiger partial charge in [0.15, 0.2) is 0 Å². The monoisotopic (exact) mass is 329 g/mol. The van der Waals surface area contributed by atoms with Crippen LogP contribution in [0.3, 0.4) is 0 Å². The Morgan fingerprint density at radius 3 is 2.64 bits per heavy atom. The largest absolute Gasteiger partial charge is 1.00 e. The molecule has 1 aliphatic rings. The number of carbonyl (C=O) groups excluding carboxylic acids is 2. The van der Waals surface area contributed by atoms with Gasteiger partial charge < -0.3 is 14.6 Å². The van der Waals surface area contributed by atoms with Crippen LogP contribution in [0.25, 0.3) is 0 Å². The Morgan fingerprint density at radius 2 is 2.00 bits per heavy atom. The molecule has 22 heavy (non-hydrogen) atoms. The number of carbonyl (C=O) groups is 2. The maximum atomic E-state index is 12.0. The van der Waals surface area contributed by atoms with E-state index in [1.807, 2.05) is 30.3 Å². The van der Waals surface area contributed by atoms with Crippen LogP contribution in [0.2, 0.25) is 0 Å². The molecule has 0 bridgehead atoms. The fourth-order valence-electron chi connectivity index (χ4n) is 2.04. The molecule has 2 rings (SSSR count). The average molecular weight is 329 g/mol. The summed E-state index contributed by atoms with van der Waals surface area (Å²) in [6, 6.07) is 9.16. The molecule has 0 atom stereocenters. The van der Waals surface area contributed by atoms with E-state index in [-0.39, 0.29) is 88.9 Å². The predicted molar refractivity (Wildman–Crippen MR) is 71.9 cm³/mol. The summed E-state index contributed by atoms with van der Waals surface area (Å²) in [5, 5.41) is 11.6. The minimum absolute atomic E-state index is 0. The zero-order chi connectivity index (χ0) is 15.2. The van der Waals surface area contributed by atoms with Crippen molar-refractivity contribution in [3.8, 4) is 0 Å². The number of methoxy groups -OCH3 is 1. The number of benzene rings is 1. The number of imide groups is 1. The van der Waals surface area contributed by atoms with Crippen LogP contribution in [-0.2, 0) is 20.9 Å². The molecule has 0 aromatic heterocycles. The minimum atomic E-state index is -0.732. The molecular weight excluding hydrogens is 313 g/mol. The first-order valence-electron chi connectivity index (χ1n) is 6.54. The second kappa shape index (κ2) is 9.44. The van der Waals surface area contributed by atoms with Crippen molar-refractivity contribution in [3.05, 3.63) is 47.2 Å². The molecule has 112 valence electrons. The van der Waals surface area contributed by atoms with Crippen molar-refractivity contribution >= 4 is 12.0 Å². The normalized spacial score (nSPS) is 16.2. The number of ether oxygens (including phenoxy) is 2. The van der Waals surface area contributed by atoms with Gasteiger partial charge in [0.05, 0.1) is 6.61 Å². The van der Waals surface area contributed by atoms with Gasteiger partial charge in [0.2, 0.25) is 0 Å². The third-order valence-electron chi connectivity index (χ3n) is 3.13. The van der Waals surface area contributed by atoms with Crippen molar-refractivity contribution in [1.29, 1.82) is 0 Å². The van der Waals surface area contributed by atoms with Crippen molar-refractivity contribution in [2.45, 2.75) is 13.0 Å².